The lowest BCUT2D eigenvalue weighted by Gasteiger charge is -2.29. The number of hydrogen-bond acceptors (Lipinski definition) is 9. The summed E-state index contributed by atoms with van der Waals surface area (Å²) in [6.07, 6.45) is 3.26. The summed E-state index contributed by atoms with van der Waals surface area (Å²) in [5, 5.41) is 27.9. The smallest absolute Gasteiger partial charge is 0.411 e. The number of carbonyl (C=O) groups is 6. The molecule has 2 aliphatic rings. The third kappa shape index (κ3) is 11.9. The first-order valence-corrected chi connectivity index (χ1v) is 21.5. The molecule has 2 atom stereocenters. The number of piperidine rings is 1. The summed E-state index contributed by atoms with van der Waals surface area (Å²) in [5.74, 6) is -17.5. The number of rotatable bonds is 15. The van der Waals surface area contributed by atoms with Gasteiger partial charge in [0.15, 0.2) is 5.82 Å². The van der Waals surface area contributed by atoms with Crippen LogP contribution < -0.4 is 26.6 Å². The van der Waals surface area contributed by atoms with Gasteiger partial charge in [0.2, 0.25) is 23.5 Å². The standard InChI is InChI=1S/C46H52F4N8O8/c1-25-22-31(38(60)54-34-6-5-21-51-39(34)61)17-20-33(25)28-11-7-26(8-12-28)23-35(55-37(59)30-13-9-27(10-14-30)24-52-43(65)66-44(2,3)4)40(62)53-32-18-15-29(16-19-32)36-56-41(58-57-36)45(47,48)46(49,50)42(63)64/h7-8,11-12,15-20,22,27,30,34-35H,5-6,9-10,13-14,21,23-24H2,1-4H3,(H,51,61)(H,52,65)(H,53,62)(H,54,60)(H,55,59)(H,63,64)(H,56,57,58). The van der Waals surface area contributed by atoms with Gasteiger partial charge in [-0.2, -0.15) is 22.7 Å². The molecule has 20 heteroatoms. The Bertz CT molecular complexity index is 2430. The average molecular weight is 921 g/mol. The van der Waals surface area contributed by atoms with E-state index in [1.807, 2.05) is 37.3 Å². The highest BCUT2D eigenvalue weighted by molar-refractivity contribution is 5.99. The van der Waals surface area contributed by atoms with Crippen LogP contribution in [0.5, 0.6) is 0 Å². The van der Waals surface area contributed by atoms with Gasteiger partial charge in [0, 0.05) is 42.2 Å². The molecule has 1 saturated heterocycles. The molecule has 7 N–H and O–H groups in total. The molecule has 352 valence electrons. The molecule has 0 spiro atoms. The van der Waals surface area contributed by atoms with Crippen LogP contribution in [0.15, 0.2) is 66.7 Å². The van der Waals surface area contributed by atoms with Crippen molar-refractivity contribution in [3.05, 3.63) is 89.2 Å². The van der Waals surface area contributed by atoms with Crippen molar-refractivity contribution < 1.29 is 56.2 Å². The number of alkyl carbamates (subject to hydrolysis) is 1. The van der Waals surface area contributed by atoms with Crippen LogP contribution in [0.25, 0.3) is 22.5 Å². The minimum Gasteiger partial charge on any atom is -0.477 e. The van der Waals surface area contributed by atoms with Crippen molar-refractivity contribution in [3.8, 4) is 22.5 Å². The van der Waals surface area contributed by atoms with Crippen LogP contribution in [0.4, 0.5) is 28.0 Å². The highest BCUT2D eigenvalue weighted by Gasteiger charge is 2.65. The van der Waals surface area contributed by atoms with Crippen molar-refractivity contribution in [3.63, 3.8) is 0 Å². The van der Waals surface area contributed by atoms with Crippen molar-refractivity contribution in [1.82, 2.24) is 36.4 Å². The van der Waals surface area contributed by atoms with E-state index in [1.165, 1.54) is 24.3 Å². The zero-order valence-corrected chi connectivity index (χ0v) is 36.7. The van der Waals surface area contributed by atoms with E-state index in [-0.39, 0.29) is 41.3 Å². The van der Waals surface area contributed by atoms with E-state index in [1.54, 1.807) is 38.0 Å². The Morgan fingerprint density at radius 3 is 2.18 bits per heavy atom. The van der Waals surface area contributed by atoms with Gasteiger partial charge in [-0.1, -0.05) is 30.3 Å². The largest absolute Gasteiger partial charge is 0.477 e. The summed E-state index contributed by atoms with van der Waals surface area (Å²) >= 11 is 0. The molecule has 66 heavy (non-hydrogen) atoms. The summed E-state index contributed by atoms with van der Waals surface area (Å²) in [6.45, 7) is 8.16. The average Bonchev–Trinajstić information content (AvgIpc) is 3.78. The molecule has 0 bridgehead atoms. The van der Waals surface area contributed by atoms with E-state index < -0.39 is 65.1 Å². The van der Waals surface area contributed by atoms with Crippen LogP contribution in [0, 0.1) is 18.8 Å². The molecule has 1 aliphatic heterocycles. The number of alkyl halides is 4. The van der Waals surface area contributed by atoms with Crippen molar-refractivity contribution in [2.24, 2.45) is 11.8 Å². The zero-order valence-electron chi connectivity index (χ0n) is 36.7. The highest BCUT2D eigenvalue weighted by Crippen LogP contribution is 2.42. The number of ether oxygens (including phenoxy) is 1. The maximum Gasteiger partial charge on any atom is 0.411 e. The number of carboxylic acid groups (broad SMARTS) is 1. The number of anilines is 1. The van der Waals surface area contributed by atoms with E-state index in [4.69, 9.17) is 9.84 Å². The fourth-order valence-corrected chi connectivity index (χ4v) is 7.75. The van der Waals surface area contributed by atoms with Gasteiger partial charge < -0.3 is 36.4 Å². The number of aliphatic carboxylic acids is 1. The summed E-state index contributed by atoms with van der Waals surface area (Å²) in [4.78, 5) is 79.2. The summed E-state index contributed by atoms with van der Waals surface area (Å²) in [5.41, 5.74) is 3.28. The number of aromatic nitrogens is 3. The Morgan fingerprint density at radius 1 is 0.894 bits per heavy atom. The van der Waals surface area contributed by atoms with Gasteiger partial charge >= 0.3 is 23.9 Å². The Morgan fingerprint density at radius 2 is 1.56 bits per heavy atom. The SMILES string of the molecule is Cc1cc(C(=O)NC2CCCNC2=O)ccc1-c1ccc(CC(NC(=O)C2CCC(CNC(=O)OC(C)(C)C)CC2)C(=O)Nc2ccc(-c3n[nH]c(C(F)(F)C(F)(F)C(=O)O)n3)cc2)cc1. The maximum absolute atomic E-state index is 14.3. The van der Waals surface area contributed by atoms with Gasteiger partial charge in [0.05, 0.1) is 0 Å². The first-order chi connectivity index (χ1) is 31.1. The van der Waals surface area contributed by atoms with Gasteiger partial charge in [-0.3, -0.25) is 24.3 Å². The third-order valence-corrected chi connectivity index (χ3v) is 11.4. The fraction of sp³-hybridized carbons (Fsp3) is 0.435. The minimum atomic E-state index is -5.46. The number of carbonyl (C=O) groups excluding carboxylic acids is 5. The number of hydrogen-bond donors (Lipinski definition) is 7. The van der Waals surface area contributed by atoms with Crippen molar-refractivity contribution >= 4 is 41.4 Å². The second kappa shape index (κ2) is 20.1. The second-order valence-corrected chi connectivity index (χ2v) is 17.6. The molecular weight excluding hydrogens is 869 g/mol. The molecule has 0 radical (unpaired) electrons. The number of amides is 5. The van der Waals surface area contributed by atoms with Crippen molar-refractivity contribution in [2.45, 2.75) is 102 Å². The lowest BCUT2D eigenvalue weighted by atomic mass is 9.81. The van der Waals surface area contributed by atoms with E-state index >= 15 is 0 Å². The molecular formula is C46H52F4N8O8. The minimum absolute atomic E-state index is 0.0765. The van der Waals surface area contributed by atoms with Crippen molar-refractivity contribution in [1.29, 1.82) is 0 Å². The molecule has 2 heterocycles. The van der Waals surface area contributed by atoms with Crippen LogP contribution >= 0.6 is 0 Å². The molecule has 5 amide bonds. The van der Waals surface area contributed by atoms with Crippen LogP contribution in [0.2, 0.25) is 0 Å². The summed E-state index contributed by atoms with van der Waals surface area (Å²) in [6, 6.07) is 16.4. The van der Waals surface area contributed by atoms with Crippen molar-refractivity contribution in [2.75, 3.05) is 18.4 Å². The first kappa shape index (κ1) is 48.6. The topological polar surface area (TPSA) is 234 Å². The Balaban J connectivity index is 1.14. The molecule has 3 aromatic carbocycles. The number of nitrogens with zero attached hydrogens (tertiary/aromatic N) is 2. The van der Waals surface area contributed by atoms with E-state index in [0.717, 1.165) is 23.1 Å². The zero-order chi connectivity index (χ0) is 48.0. The number of H-pyrrole nitrogens is 1. The molecule has 1 aliphatic carbocycles. The molecule has 1 saturated carbocycles. The molecule has 2 fully saturated rings. The Kier molecular flexibility index (Phi) is 14.8. The van der Waals surface area contributed by atoms with Gasteiger partial charge in [0.1, 0.15) is 17.7 Å². The number of carboxylic acids is 1. The molecule has 2 unspecified atom stereocenters. The molecule has 4 aromatic rings. The van der Waals surface area contributed by atoms with E-state index in [2.05, 4.69) is 36.7 Å². The van der Waals surface area contributed by atoms with Gasteiger partial charge in [-0.15, -0.1) is 0 Å². The third-order valence-electron chi connectivity index (χ3n) is 11.4. The molecule has 1 aromatic heterocycles. The quantitative estimate of drug-likeness (QED) is 0.0661. The van der Waals surface area contributed by atoms with Gasteiger partial charge in [-0.05, 0) is 131 Å². The number of benzene rings is 3. The fourth-order valence-electron chi connectivity index (χ4n) is 7.75. The molecule has 16 nitrogen and oxygen atoms in total. The predicted octanol–water partition coefficient (Wildman–Crippen LogP) is 6.26. The highest BCUT2D eigenvalue weighted by atomic mass is 19.3. The lowest BCUT2D eigenvalue weighted by molar-refractivity contribution is -0.231. The predicted molar refractivity (Wildman–Crippen MR) is 232 cm³/mol. The van der Waals surface area contributed by atoms with Gasteiger partial charge in [-0.25, -0.2) is 14.6 Å². The van der Waals surface area contributed by atoms with Gasteiger partial charge in [0.25, 0.3) is 5.91 Å². The van der Waals surface area contributed by atoms with Crippen LogP contribution in [-0.4, -0.2) is 92.7 Å². The summed E-state index contributed by atoms with van der Waals surface area (Å²) in [7, 11) is 0. The monoisotopic (exact) mass is 920 g/mol. The second-order valence-electron chi connectivity index (χ2n) is 17.6. The lowest BCUT2D eigenvalue weighted by Crippen LogP contribution is -2.50. The first-order valence-electron chi connectivity index (χ1n) is 21.5. The van der Waals surface area contributed by atoms with E-state index in [9.17, 15) is 46.3 Å². The number of aryl methyl sites for hydroxylation is 1. The number of aromatic amines is 1. The normalized spacial score (nSPS) is 18.3. The van der Waals surface area contributed by atoms with E-state index in [0.29, 0.717) is 56.3 Å². The summed E-state index contributed by atoms with van der Waals surface area (Å²) < 4.78 is 61.5. The number of halogens is 4. The van der Waals surface area contributed by atoms with Crippen LogP contribution in [0.3, 0.4) is 0 Å². The van der Waals surface area contributed by atoms with Crippen LogP contribution in [-0.2, 0) is 36.3 Å². The number of nitrogens with one attached hydrogen (secondary N) is 6. The van der Waals surface area contributed by atoms with Crippen LogP contribution in [0.1, 0.15) is 86.6 Å². The Labute approximate surface area is 377 Å². The molecule has 6 rings (SSSR count). The maximum atomic E-state index is 14.3. The Hall–Kier alpha value is -6.86.